The van der Waals surface area contributed by atoms with E-state index in [1.807, 2.05) is 38.1 Å². The van der Waals surface area contributed by atoms with E-state index in [2.05, 4.69) is 10.3 Å². The van der Waals surface area contributed by atoms with Gasteiger partial charge in [-0.15, -0.1) is 0 Å². The van der Waals surface area contributed by atoms with Gasteiger partial charge in [0.05, 0.1) is 11.0 Å². The van der Waals surface area contributed by atoms with Crippen LogP contribution in [0, 0.1) is 17.0 Å². The summed E-state index contributed by atoms with van der Waals surface area (Å²) >= 11 is 1.43. The third-order valence-electron chi connectivity index (χ3n) is 2.66. The average molecular weight is 289 g/mol. The van der Waals surface area contributed by atoms with Crippen LogP contribution in [0.3, 0.4) is 0 Å². The van der Waals surface area contributed by atoms with Crippen LogP contribution in [0.2, 0.25) is 0 Å². The van der Waals surface area contributed by atoms with Crippen molar-refractivity contribution in [2.75, 3.05) is 11.9 Å². The number of hydrogen-bond acceptors (Lipinski definition) is 5. The van der Waals surface area contributed by atoms with Gasteiger partial charge in [0, 0.05) is 17.5 Å². The van der Waals surface area contributed by atoms with Crippen LogP contribution < -0.4 is 5.32 Å². The van der Waals surface area contributed by atoms with Crippen molar-refractivity contribution in [3.05, 3.63) is 52.1 Å². The molecule has 0 aliphatic carbocycles. The summed E-state index contributed by atoms with van der Waals surface area (Å²) in [6.07, 6.45) is 0. The van der Waals surface area contributed by atoms with Gasteiger partial charge in [-0.1, -0.05) is 30.0 Å². The lowest BCUT2D eigenvalue weighted by atomic mass is 10.2. The number of benzene rings is 1. The number of aryl methyl sites for hydroxylation is 1. The van der Waals surface area contributed by atoms with Crippen LogP contribution >= 0.6 is 11.8 Å². The molecule has 104 valence electrons. The smallest absolute Gasteiger partial charge is 0.275 e. The normalized spacial score (nSPS) is 10.3. The topological polar surface area (TPSA) is 68.1 Å². The van der Waals surface area contributed by atoms with Crippen molar-refractivity contribution in [2.24, 2.45) is 0 Å². The van der Waals surface area contributed by atoms with Crippen molar-refractivity contribution >= 4 is 23.3 Å². The van der Waals surface area contributed by atoms with Gasteiger partial charge in [-0.25, -0.2) is 4.98 Å². The zero-order valence-corrected chi connectivity index (χ0v) is 12.1. The van der Waals surface area contributed by atoms with Gasteiger partial charge < -0.3 is 5.32 Å². The number of anilines is 1. The van der Waals surface area contributed by atoms with Gasteiger partial charge in [0.25, 0.3) is 5.69 Å². The van der Waals surface area contributed by atoms with Gasteiger partial charge in [-0.05, 0) is 25.5 Å². The van der Waals surface area contributed by atoms with Crippen molar-refractivity contribution in [2.45, 2.75) is 23.8 Å². The minimum absolute atomic E-state index is 0.0482. The number of nitro groups is 1. The Bertz CT molecular complexity index is 632. The maximum atomic E-state index is 11.0. The SMILES string of the molecule is CCNc1cc([N+](=O)[O-])cc(Sc2ccccc2C)n1. The number of rotatable bonds is 5. The zero-order chi connectivity index (χ0) is 14.5. The first-order valence-corrected chi connectivity index (χ1v) is 7.05. The molecule has 0 radical (unpaired) electrons. The summed E-state index contributed by atoms with van der Waals surface area (Å²) in [6, 6.07) is 10.8. The van der Waals surface area contributed by atoms with Gasteiger partial charge in [-0.3, -0.25) is 10.1 Å². The Balaban J connectivity index is 2.35. The number of aromatic nitrogens is 1. The second-order valence-corrected chi connectivity index (χ2v) is 5.27. The highest BCUT2D eigenvalue weighted by Gasteiger charge is 2.12. The van der Waals surface area contributed by atoms with E-state index in [4.69, 9.17) is 0 Å². The van der Waals surface area contributed by atoms with Crippen molar-refractivity contribution < 1.29 is 4.92 Å². The molecule has 2 aromatic rings. The summed E-state index contributed by atoms with van der Waals surface area (Å²) in [5.41, 5.74) is 1.17. The Kier molecular flexibility index (Phi) is 4.57. The van der Waals surface area contributed by atoms with Gasteiger partial charge in [0.2, 0.25) is 0 Å². The third kappa shape index (κ3) is 3.48. The molecule has 0 atom stereocenters. The molecule has 0 saturated carbocycles. The van der Waals surface area contributed by atoms with Crippen LogP contribution in [0.25, 0.3) is 0 Å². The number of hydrogen-bond donors (Lipinski definition) is 1. The molecule has 0 aliphatic heterocycles. The van der Waals surface area contributed by atoms with Gasteiger partial charge >= 0.3 is 0 Å². The minimum Gasteiger partial charge on any atom is -0.370 e. The summed E-state index contributed by atoms with van der Waals surface area (Å²) < 4.78 is 0. The fourth-order valence-electron chi connectivity index (χ4n) is 1.70. The standard InChI is InChI=1S/C14H15N3O2S/c1-3-15-13-8-11(17(18)19)9-14(16-13)20-12-7-5-4-6-10(12)2/h4-9H,3H2,1-2H3,(H,15,16). The molecule has 2 rings (SSSR count). The molecule has 0 saturated heterocycles. The molecule has 20 heavy (non-hydrogen) atoms. The van der Waals surface area contributed by atoms with Crippen molar-refractivity contribution in [1.29, 1.82) is 0 Å². The molecule has 1 heterocycles. The van der Waals surface area contributed by atoms with Gasteiger partial charge in [-0.2, -0.15) is 0 Å². The predicted octanol–water partition coefficient (Wildman–Crippen LogP) is 3.88. The summed E-state index contributed by atoms with van der Waals surface area (Å²) in [4.78, 5) is 16.0. The van der Waals surface area contributed by atoms with E-state index < -0.39 is 4.92 Å². The van der Waals surface area contributed by atoms with Crippen molar-refractivity contribution in [3.63, 3.8) is 0 Å². The first-order valence-electron chi connectivity index (χ1n) is 6.24. The largest absolute Gasteiger partial charge is 0.370 e. The van der Waals surface area contributed by atoms with Gasteiger partial charge in [0.1, 0.15) is 10.8 Å². The summed E-state index contributed by atoms with van der Waals surface area (Å²) in [5, 5.41) is 14.6. The fourth-order valence-corrected chi connectivity index (χ4v) is 2.63. The second-order valence-electron chi connectivity index (χ2n) is 4.20. The van der Waals surface area contributed by atoms with Crippen LogP contribution in [-0.4, -0.2) is 16.5 Å². The van der Waals surface area contributed by atoms with Crippen LogP contribution in [0.5, 0.6) is 0 Å². The molecule has 0 spiro atoms. The fraction of sp³-hybridized carbons (Fsp3) is 0.214. The zero-order valence-electron chi connectivity index (χ0n) is 11.3. The van der Waals surface area contributed by atoms with E-state index in [0.717, 1.165) is 10.5 Å². The highest BCUT2D eigenvalue weighted by atomic mass is 32.2. The highest BCUT2D eigenvalue weighted by Crippen LogP contribution is 2.32. The Labute approximate surface area is 121 Å². The van der Waals surface area contributed by atoms with E-state index in [1.54, 1.807) is 0 Å². The number of nitrogens with zero attached hydrogens (tertiary/aromatic N) is 2. The maximum Gasteiger partial charge on any atom is 0.275 e. The third-order valence-corrected chi connectivity index (χ3v) is 3.76. The molecule has 0 amide bonds. The lowest BCUT2D eigenvalue weighted by Gasteiger charge is -2.07. The predicted molar refractivity (Wildman–Crippen MR) is 80.4 cm³/mol. The van der Waals surface area contributed by atoms with Crippen molar-refractivity contribution in [3.8, 4) is 0 Å². The van der Waals surface area contributed by atoms with E-state index in [-0.39, 0.29) is 5.69 Å². The molecule has 1 N–H and O–H groups in total. The lowest BCUT2D eigenvalue weighted by molar-refractivity contribution is -0.385. The Morgan fingerprint density at radius 3 is 2.75 bits per heavy atom. The highest BCUT2D eigenvalue weighted by molar-refractivity contribution is 7.99. The molecule has 0 fully saturated rings. The Morgan fingerprint density at radius 1 is 1.35 bits per heavy atom. The molecule has 0 unspecified atom stereocenters. The first kappa shape index (κ1) is 14.3. The molecule has 1 aromatic heterocycles. The number of nitrogens with one attached hydrogen (secondary N) is 1. The molecule has 6 heteroatoms. The quantitative estimate of drug-likeness (QED) is 0.668. The van der Waals surface area contributed by atoms with E-state index in [9.17, 15) is 10.1 Å². The van der Waals surface area contributed by atoms with E-state index in [1.165, 1.54) is 23.9 Å². The Hall–Kier alpha value is -2.08. The van der Waals surface area contributed by atoms with Gasteiger partial charge in [0.15, 0.2) is 0 Å². The van der Waals surface area contributed by atoms with Crippen LogP contribution in [-0.2, 0) is 0 Å². The summed E-state index contributed by atoms with van der Waals surface area (Å²) in [6.45, 7) is 4.60. The molecular weight excluding hydrogens is 274 g/mol. The second kappa shape index (κ2) is 6.38. The molecule has 0 aliphatic rings. The molecular formula is C14H15N3O2S. The monoisotopic (exact) mass is 289 g/mol. The molecule has 1 aromatic carbocycles. The van der Waals surface area contributed by atoms with Crippen LogP contribution in [0.15, 0.2) is 46.3 Å². The summed E-state index contributed by atoms with van der Waals surface area (Å²) in [7, 11) is 0. The molecule has 0 bridgehead atoms. The summed E-state index contributed by atoms with van der Waals surface area (Å²) in [5.74, 6) is 0.526. The minimum atomic E-state index is -0.398. The van der Waals surface area contributed by atoms with E-state index in [0.29, 0.717) is 17.4 Å². The molecule has 5 nitrogen and oxygen atoms in total. The maximum absolute atomic E-state index is 11.0. The van der Waals surface area contributed by atoms with E-state index >= 15 is 0 Å². The van der Waals surface area contributed by atoms with Crippen LogP contribution in [0.1, 0.15) is 12.5 Å². The average Bonchev–Trinajstić information content (AvgIpc) is 2.41. The number of pyridine rings is 1. The Morgan fingerprint density at radius 2 is 2.10 bits per heavy atom. The lowest BCUT2D eigenvalue weighted by Crippen LogP contribution is -2.01. The first-order chi connectivity index (χ1) is 9.60. The van der Waals surface area contributed by atoms with Crippen molar-refractivity contribution in [1.82, 2.24) is 4.98 Å². The van der Waals surface area contributed by atoms with Crippen LogP contribution in [0.4, 0.5) is 11.5 Å².